The molecule has 0 spiro atoms. The first kappa shape index (κ1) is 24.3. The zero-order chi connectivity index (χ0) is 25.1. The number of carbonyl (C=O) groups is 1. The Morgan fingerprint density at radius 2 is 1.92 bits per heavy atom. The standard InChI is InChI=1S/C27H33FN6O2/c1-19-18-34(8-7-32(19)2)26-14-25(28)24(13-21(26)15-29-27(35)22-16-30-31-17-22)20-3-5-23(6-4-20)33-9-11-36-12-10-33/h3-6,13-14,16-17,19H,7-12,15,18H2,1-2H3,(H,29,35)(H,30,31)/t19-/m1/s1. The number of aromatic amines is 1. The number of halogens is 1. The number of anilines is 2. The van der Waals surface area contributed by atoms with Crippen molar-refractivity contribution in [2.75, 3.05) is 62.8 Å². The Kier molecular flexibility index (Phi) is 7.20. The van der Waals surface area contributed by atoms with Crippen LogP contribution in [0.4, 0.5) is 15.8 Å². The molecule has 2 aliphatic heterocycles. The highest BCUT2D eigenvalue weighted by molar-refractivity contribution is 5.93. The maximum Gasteiger partial charge on any atom is 0.254 e. The van der Waals surface area contributed by atoms with E-state index in [2.05, 4.69) is 44.2 Å². The number of nitrogens with zero attached hydrogens (tertiary/aromatic N) is 4. The van der Waals surface area contributed by atoms with Crippen LogP contribution in [0.5, 0.6) is 0 Å². The number of morpholine rings is 1. The Hall–Kier alpha value is -3.43. The van der Waals surface area contributed by atoms with Crippen LogP contribution in [0, 0.1) is 5.82 Å². The van der Waals surface area contributed by atoms with E-state index in [1.165, 1.54) is 6.20 Å². The van der Waals surface area contributed by atoms with E-state index in [1.807, 2.05) is 30.3 Å². The highest BCUT2D eigenvalue weighted by Crippen LogP contribution is 2.33. The van der Waals surface area contributed by atoms with E-state index in [9.17, 15) is 4.79 Å². The second-order valence-corrected chi connectivity index (χ2v) is 9.55. The van der Waals surface area contributed by atoms with Crippen LogP contribution in [-0.2, 0) is 11.3 Å². The molecular weight excluding hydrogens is 459 g/mol. The van der Waals surface area contributed by atoms with Crippen molar-refractivity contribution in [3.8, 4) is 11.1 Å². The van der Waals surface area contributed by atoms with Crippen molar-refractivity contribution >= 4 is 17.3 Å². The number of amides is 1. The number of piperazine rings is 1. The topological polar surface area (TPSA) is 76.7 Å². The number of aromatic nitrogens is 2. The largest absolute Gasteiger partial charge is 0.378 e. The summed E-state index contributed by atoms with van der Waals surface area (Å²) in [5.74, 6) is -0.484. The molecule has 0 unspecified atom stereocenters. The average molecular weight is 493 g/mol. The van der Waals surface area contributed by atoms with Gasteiger partial charge in [0.05, 0.1) is 25.0 Å². The van der Waals surface area contributed by atoms with Gasteiger partial charge in [0.2, 0.25) is 0 Å². The minimum Gasteiger partial charge on any atom is -0.378 e. The average Bonchev–Trinajstić information content (AvgIpc) is 3.45. The Labute approximate surface area is 211 Å². The third kappa shape index (κ3) is 5.22. The molecule has 2 fully saturated rings. The summed E-state index contributed by atoms with van der Waals surface area (Å²) < 4.78 is 21.0. The van der Waals surface area contributed by atoms with E-state index in [0.29, 0.717) is 23.7 Å². The van der Waals surface area contributed by atoms with Gasteiger partial charge >= 0.3 is 0 Å². The van der Waals surface area contributed by atoms with Crippen LogP contribution in [0.25, 0.3) is 11.1 Å². The molecule has 0 radical (unpaired) electrons. The van der Waals surface area contributed by atoms with Gasteiger partial charge < -0.3 is 24.8 Å². The van der Waals surface area contributed by atoms with Crippen molar-refractivity contribution in [2.45, 2.75) is 19.5 Å². The summed E-state index contributed by atoms with van der Waals surface area (Å²) in [4.78, 5) is 19.4. The van der Waals surface area contributed by atoms with Crippen LogP contribution in [-0.4, -0.2) is 80.0 Å². The lowest BCUT2D eigenvalue weighted by molar-refractivity contribution is 0.0951. The van der Waals surface area contributed by atoms with Crippen LogP contribution in [0.15, 0.2) is 48.8 Å². The number of H-pyrrole nitrogens is 1. The van der Waals surface area contributed by atoms with Gasteiger partial charge in [-0.15, -0.1) is 0 Å². The second kappa shape index (κ2) is 10.7. The molecule has 190 valence electrons. The highest BCUT2D eigenvalue weighted by Gasteiger charge is 2.24. The Bertz CT molecular complexity index is 1180. The van der Waals surface area contributed by atoms with Crippen molar-refractivity contribution in [3.05, 3.63) is 65.7 Å². The van der Waals surface area contributed by atoms with Crippen molar-refractivity contribution in [1.29, 1.82) is 0 Å². The van der Waals surface area contributed by atoms with Crippen LogP contribution in [0.1, 0.15) is 22.8 Å². The molecule has 1 amide bonds. The number of nitrogens with one attached hydrogen (secondary N) is 2. The van der Waals surface area contributed by atoms with E-state index in [1.54, 1.807) is 12.3 Å². The normalized spacial score (nSPS) is 18.9. The molecule has 3 aromatic rings. The maximum absolute atomic E-state index is 15.6. The summed E-state index contributed by atoms with van der Waals surface area (Å²) in [5.41, 5.74) is 4.63. The molecule has 9 heteroatoms. The van der Waals surface area contributed by atoms with E-state index in [4.69, 9.17) is 4.74 Å². The minimum atomic E-state index is -0.263. The first-order chi connectivity index (χ1) is 17.5. The molecule has 2 aromatic carbocycles. The van der Waals surface area contributed by atoms with Gasteiger partial charge in [0.1, 0.15) is 5.82 Å². The van der Waals surface area contributed by atoms with Crippen LogP contribution in [0.2, 0.25) is 0 Å². The quantitative estimate of drug-likeness (QED) is 0.551. The van der Waals surface area contributed by atoms with E-state index in [0.717, 1.165) is 68.4 Å². The zero-order valence-corrected chi connectivity index (χ0v) is 20.8. The van der Waals surface area contributed by atoms with Gasteiger partial charge in [0.15, 0.2) is 0 Å². The Balaban J connectivity index is 1.43. The van der Waals surface area contributed by atoms with Crippen LogP contribution in [0.3, 0.4) is 0 Å². The molecule has 1 aromatic heterocycles. The summed E-state index contributed by atoms with van der Waals surface area (Å²) in [6.07, 6.45) is 3.05. The van der Waals surface area contributed by atoms with E-state index >= 15 is 4.39 Å². The van der Waals surface area contributed by atoms with Crippen LogP contribution < -0.4 is 15.1 Å². The number of hydrogen-bond donors (Lipinski definition) is 2. The predicted molar refractivity (Wildman–Crippen MR) is 139 cm³/mol. The van der Waals surface area contributed by atoms with Gasteiger partial charge in [-0.25, -0.2) is 4.39 Å². The third-order valence-corrected chi connectivity index (χ3v) is 7.22. The van der Waals surface area contributed by atoms with Gasteiger partial charge in [-0.05, 0) is 49.4 Å². The monoisotopic (exact) mass is 492 g/mol. The third-order valence-electron chi connectivity index (χ3n) is 7.22. The molecule has 2 N–H and O–H groups in total. The molecule has 0 bridgehead atoms. The highest BCUT2D eigenvalue weighted by atomic mass is 19.1. The fourth-order valence-corrected chi connectivity index (χ4v) is 4.86. The van der Waals surface area contributed by atoms with Crippen molar-refractivity contribution < 1.29 is 13.9 Å². The maximum atomic E-state index is 15.6. The molecule has 8 nitrogen and oxygen atoms in total. The van der Waals surface area contributed by atoms with Gasteiger partial charge in [0, 0.05) is 68.4 Å². The first-order valence-corrected chi connectivity index (χ1v) is 12.5. The predicted octanol–water partition coefficient (Wildman–Crippen LogP) is 3.12. The number of rotatable bonds is 6. The lowest BCUT2D eigenvalue weighted by atomic mass is 9.99. The number of likely N-dealkylation sites (N-methyl/N-ethyl adjacent to an activating group) is 1. The molecular formula is C27H33FN6O2. The van der Waals surface area contributed by atoms with E-state index < -0.39 is 0 Å². The molecule has 2 aliphatic rings. The van der Waals surface area contributed by atoms with Crippen LogP contribution >= 0.6 is 0 Å². The molecule has 0 saturated carbocycles. The summed E-state index contributed by atoms with van der Waals surface area (Å²) in [7, 11) is 2.11. The SMILES string of the molecule is C[C@@H]1CN(c2cc(F)c(-c3ccc(N4CCOCC4)cc3)cc2CNC(=O)c2cn[nH]c2)CCN1C. The minimum absolute atomic E-state index is 0.220. The summed E-state index contributed by atoms with van der Waals surface area (Å²) >= 11 is 0. The van der Waals surface area contributed by atoms with Crippen molar-refractivity contribution in [3.63, 3.8) is 0 Å². The van der Waals surface area contributed by atoms with Gasteiger partial charge in [-0.3, -0.25) is 9.89 Å². The van der Waals surface area contributed by atoms with E-state index in [-0.39, 0.29) is 11.7 Å². The molecule has 3 heterocycles. The molecule has 5 rings (SSSR count). The molecule has 1 atom stereocenters. The zero-order valence-electron chi connectivity index (χ0n) is 20.8. The van der Waals surface area contributed by atoms with Gasteiger partial charge in [0.25, 0.3) is 5.91 Å². The summed E-state index contributed by atoms with van der Waals surface area (Å²) in [6.45, 7) is 8.11. The Morgan fingerprint density at radius 3 is 2.61 bits per heavy atom. The summed E-state index contributed by atoms with van der Waals surface area (Å²) in [6, 6.07) is 11.9. The number of benzene rings is 2. The molecule has 2 saturated heterocycles. The van der Waals surface area contributed by atoms with Crippen molar-refractivity contribution in [1.82, 2.24) is 20.4 Å². The molecule has 0 aliphatic carbocycles. The molecule has 36 heavy (non-hydrogen) atoms. The lowest BCUT2D eigenvalue weighted by Crippen LogP contribution is -2.50. The first-order valence-electron chi connectivity index (χ1n) is 12.5. The fraction of sp³-hybridized carbons (Fsp3) is 0.407. The fourth-order valence-electron chi connectivity index (χ4n) is 4.86. The summed E-state index contributed by atoms with van der Waals surface area (Å²) in [5, 5.41) is 9.49. The van der Waals surface area contributed by atoms with Gasteiger partial charge in [-0.1, -0.05) is 12.1 Å². The number of carbonyl (C=O) groups excluding carboxylic acids is 1. The second-order valence-electron chi connectivity index (χ2n) is 9.55. The number of hydrogen-bond acceptors (Lipinski definition) is 6. The van der Waals surface area contributed by atoms with Crippen molar-refractivity contribution in [2.24, 2.45) is 0 Å². The lowest BCUT2D eigenvalue weighted by Gasteiger charge is -2.40. The van der Waals surface area contributed by atoms with Gasteiger partial charge in [-0.2, -0.15) is 5.10 Å². The Morgan fingerprint density at radius 1 is 1.14 bits per heavy atom. The smallest absolute Gasteiger partial charge is 0.254 e. The number of ether oxygens (including phenoxy) is 1.